The van der Waals surface area contributed by atoms with Crippen LogP contribution in [0.15, 0.2) is 22.7 Å². The molecule has 0 saturated carbocycles. The summed E-state index contributed by atoms with van der Waals surface area (Å²) in [7, 11) is 0. The van der Waals surface area contributed by atoms with Gasteiger partial charge in [0.05, 0.1) is 5.02 Å². The van der Waals surface area contributed by atoms with Crippen LogP contribution in [-0.4, -0.2) is 30.0 Å². The van der Waals surface area contributed by atoms with Crippen LogP contribution in [0.3, 0.4) is 0 Å². The predicted molar refractivity (Wildman–Crippen MR) is 84.3 cm³/mol. The molecule has 1 saturated heterocycles. The van der Waals surface area contributed by atoms with Gasteiger partial charge in [-0.3, -0.25) is 4.79 Å². The van der Waals surface area contributed by atoms with Crippen LogP contribution in [0.4, 0.5) is 0 Å². The molecule has 1 atom stereocenters. The third kappa shape index (κ3) is 3.89. The zero-order chi connectivity index (χ0) is 14.5. The molecule has 1 fully saturated rings. The van der Waals surface area contributed by atoms with Gasteiger partial charge in [0.1, 0.15) is 5.75 Å². The summed E-state index contributed by atoms with van der Waals surface area (Å²) < 4.78 is 6.45. The van der Waals surface area contributed by atoms with E-state index < -0.39 is 0 Å². The average molecular weight is 361 g/mol. The van der Waals surface area contributed by atoms with Gasteiger partial charge in [0.15, 0.2) is 6.61 Å². The molecule has 1 aliphatic rings. The fourth-order valence-corrected chi connectivity index (χ4v) is 3.30. The van der Waals surface area contributed by atoms with Gasteiger partial charge in [0.2, 0.25) is 0 Å². The second-order valence-corrected chi connectivity index (χ2v) is 6.33. The van der Waals surface area contributed by atoms with E-state index in [1.54, 1.807) is 12.1 Å². The molecule has 110 valence electrons. The number of hydrogen-bond acceptors (Lipinski definition) is 2. The number of halogens is 2. The second kappa shape index (κ2) is 7.32. The van der Waals surface area contributed by atoms with E-state index in [2.05, 4.69) is 22.9 Å². The van der Waals surface area contributed by atoms with Crippen molar-refractivity contribution in [3.63, 3.8) is 0 Å². The van der Waals surface area contributed by atoms with Gasteiger partial charge in [-0.25, -0.2) is 0 Å². The lowest BCUT2D eigenvalue weighted by atomic mass is 10.00. The lowest BCUT2D eigenvalue weighted by molar-refractivity contribution is -0.137. The average Bonchev–Trinajstić information content (AvgIpc) is 2.46. The van der Waals surface area contributed by atoms with E-state index in [9.17, 15) is 4.79 Å². The van der Waals surface area contributed by atoms with E-state index in [4.69, 9.17) is 16.3 Å². The molecule has 1 aromatic rings. The lowest BCUT2D eigenvalue weighted by Gasteiger charge is -2.35. The molecule has 1 amide bonds. The summed E-state index contributed by atoms with van der Waals surface area (Å²) in [5, 5.41) is 0.512. The normalized spacial score (nSPS) is 18.9. The van der Waals surface area contributed by atoms with Crippen molar-refractivity contribution < 1.29 is 9.53 Å². The number of likely N-dealkylation sites (tertiary alicyclic amines) is 1. The Balaban J connectivity index is 1.94. The SMILES string of the molecule is CCC1CCCCN1C(=O)COc1ccc(Br)cc1Cl. The standard InChI is InChI=1S/C15H19BrClNO2/c1-2-12-5-3-4-8-18(12)15(19)10-20-14-7-6-11(16)9-13(14)17/h6-7,9,12H,2-5,8,10H2,1H3. The number of carbonyl (C=O) groups excluding carboxylic acids is 1. The van der Waals surface area contributed by atoms with Crippen LogP contribution in [0, 0.1) is 0 Å². The first-order valence-corrected chi connectivity index (χ1v) is 8.16. The molecular formula is C15H19BrClNO2. The van der Waals surface area contributed by atoms with Crippen molar-refractivity contribution in [1.29, 1.82) is 0 Å². The summed E-state index contributed by atoms with van der Waals surface area (Å²) in [5.74, 6) is 0.601. The quantitative estimate of drug-likeness (QED) is 0.802. The molecule has 3 nitrogen and oxygen atoms in total. The summed E-state index contributed by atoms with van der Waals surface area (Å²) >= 11 is 9.42. The number of amides is 1. The van der Waals surface area contributed by atoms with Gasteiger partial charge in [-0.2, -0.15) is 0 Å². The lowest BCUT2D eigenvalue weighted by Crippen LogP contribution is -2.45. The Hall–Kier alpha value is -0.740. The molecule has 1 aromatic carbocycles. The highest BCUT2D eigenvalue weighted by atomic mass is 79.9. The third-order valence-corrected chi connectivity index (χ3v) is 4.45. The van der Waals surface area contributed by atoms with Crippen LogP contribution in [0.2, 0.25) is 5.02 Å². The van der Waals surface area contributed by atoms with Crippen LogP contribution in [0.25, 0.3) is 0 Å². The molecule has 0 bridgehead atoms. The fraction of sp³-hybridized carbons (Fsp3) is 0.533. The van der Waals surface area contributed by atoms with Crippen molar-refractivity contribution in [3.8, 4) is 5.75 Å². The summed E-state index contributed by atoms with van der Waals surface area (Å²) in [4.78, 5) is 14.2. The van der Waals surface area contributed by atoms with Crippen LogP contribution in [-0.2, 0) is 4.79 Å². The van der Waals surface area contributed by atoms with Gasteiger partial charge in [0.25, 0.3) is 5.91 Å². The molecule has 0 aromatic heterocycles. The summed E-state index contributed by atoms with van der Waals surface area (Å²) in [6.45, 7) is 3.02. The van der Waals surface area contributed by atoms with Crippen molar-refractivity contribution >= 4 is 33.4 Å². The molecule has 0 aliphatic carbocycles. The molecule has 2 rings (SSSR count). The fourth-order valence-electron chi connectivity index (χ4n) is 2.57. The van der Waals surface area contributed by atoms with Gasteiger partial charge in [-0.05, 0) is 43.9 Å². The highest BCUT2D eigenvalue weighted by molar-refractivity contribution is 9.10. The minimum Gasteiger partial charge on any atom is -0.482 e. The monoisotopic (exact) mass is 359 g/mol. The molecule has 20 heavy (non-hydrogen) atoms. The van der Waals surface area contributed by atoms with Crippen LogP contribution >= 0.6 is 27.5 Å². The number of rotatable bonds is 4. The summed E-state index contributed by atoms with van der Waals surface area (Å²) in [6, 6.07) is 5.74. The zero-order valence-electron chi connectivity index (χ0n) is 11.6. The third-order valence-electron chi connectivity index (χ3n) is 3.66. The van der Waals surface area contributed by atoms with Crippen molar-refractivity contribution in [2.45, 2.75) is 38.6 Å². The molecular weight excluding hydrogens is 342 g/mol. The summed E-state index contributed by atoms with van der Waals surface area (Å²) in [5.41, 5.74) is 0. The predicted octanol–water partition coefficient (Wildman–Crippen LogP) is 4.27. The van der Waals surface area contributed by atoms with Gasteiger partial charge in [-0.15, -0.1) is 0 Å². The molecule has 1 aliphatic heterocycles. The van der Waals surface area contributed by atoms with E-state index >= 15 is 0 Å². The molecule has 1 heterocycles. The smallest absolute Gasteiger partial charge is 0.260 e. The van der Waals surface area contributed by atoms with Gasteiger partial charge in [0, 0.05) is 17.1 Å². The molecule has 0 spiro atoms. The molecule has 0 radical (unpaired) electrons. The maximum Gasteiger partial charge on any atom is 0.260 e. The van der Waals surface area contributed by atoms with E-state index in [1.165, 1.54) is 6.42 Å². The Bertz CT molecular complexity index is 481. The zero-order valence-corrected chi connectivity index (χ0v) is 13.9. The van der Waals surface area contributed by atoms with Crippen LogP contribution in [0.1, 0.15) is 32.6 Å². The number of piperidine rings is 1. The molecule has 0 N–H and O–H groups in total. The topological polar surface area (TPSA) is 29.5 Å². The highest BCUT2D eigenvalue weighted by Gasteiger charge is 2.25. The minimum atomic E-state index is 0.0514. The molecule has 5 heteroatoms. The Morgan fingerprint density at radius 2 is 2.30 bits per heavy atom. The van der Waals surface area contributed by atoms with Crippen molar-refractivity contribution in [2.24, 2.45) is 0 Å². The number of nitrogens with zero attached hydrogens (tertiary/aromatic N) is 1. The van der Waals surface area contributed by atoms with Crippen LogP contribution in [0.5, 0.6) is 5.75 Å². The van der Waals surface area contributed by atoms with E-state index in [1.807, 2.05) is 11.0 Å². The Morgan fingerprint density at radius 3 is 3.00 bits per heavy atom. The first-order valence-electron chi connectivity index (χ1n) is 6.99. The first-order chi connectivity index (χ1) is 9.61. The minimum absolute atomic E-state index is 0.0514. The largest absolute Gasteiger partial charge is 0.482 e. The highest BCUT2D eigenvalue weighted by Crippen LogP contribution is 2.28. The van der Waals surface area contributed by atoms with E-state index in [0.29, 0.717) is 16.8 Å². The van der Waals surface area contributed by atoms with Crippen LogP contribution < -0.4 is 4.74 Å². The van der Waals surface area contributed by atoms with Gasteiger partial charge in [-0.1, -0.05) is 34.5 Å². The number of benzene rings is 1. The maximum absolute atomic E-state index is 12.3. The Morgan fingerprint density at radius 1 is 1.50 bits per heavy atom. The van der Waals surface area contributed by atoms with E-state index in [-0.39, 0.29) is 12.5 Å². The van der Waals surface area contributed by atoms with Gasteiger partial charge >= 0.3 is 0 Å². The Labute approximate surface area is 133 Å². The van der Waals surface area contributed by atoms with Crippen molar-refractivity contribution in [3.05, 3.63) is 27.7 Å². The van der Waals surface area contributed by atoms with Crippen molar-refractivity contribution in [1.82, 2.24) is 4.90 Å². The second-order valence-electron chi connectivity index (χ2n) is 5.01. The number of hydrogen-bond donors (Lipinski definition) is 0. The number of ether oxygens (including phenoxy) is 1. The number of carbonyl (C=O) groups is 1. The van der Waals surface area contributed by atoms with E-state index in [0.717, 1.165) is 30.3 Å². The van der Waals surface area contributed by atoms with Gasteiger partial charge < -0.3 is 9.64 Å². The maximum atomic E-state index is 12.3. The Kier molecular flexibility index (Phi) is 5.73. The van der Waals surface area contributed by atoms with Crippen molar-refractivity contribution in [2.75, 3.05) is 13.2 Å². The summed E-state index contributed by atoms with van der Waals surface area (Å²) in [6.07, 6.45) is 4.40. The first kappa shape index (κ1) is 15.6. The molecule has 1 unspecified atom stereocenters.